The molecule has 104 valence electrons. The minimum absolute atomic E-state index is 0.173. The molecule has 1 aromatic carbocycles. The predicted octanol–water partition coefficient (Wildman–Crippen LogP) is 1.92. The summed E-state index contributed by atoms with van der Waals surface area (Å²) in [7, 11) is 0. The van der Waals surface area contributed by atoms with Crippen LogP contribution in [0.5, 0.6) is 5.75 Å². The van der Waals surface area contributed by atoms with E-state index in [1.54, 1.807) is 35.1 Å². The summed E-state index contributed by atoms with van der Waals surface area (Å²) in [6, 6.07) is 8.98. The van der Waals surface area contributed by atoms with Crippen molar-refractivity contribution in [3.8, 4) is 5.75 Å². The van der Waals surface area contributed by atoms with Gasteiger partial charge in [-0.15, -0.1) is 0 Å². The van der Waals surface area contributed by atoms with Crippen molar-refractivity contribution in [2.45, 2.75) is 6.42 Å². The fourth-order valence-electron chi connectivity index (χ4n) is 2.45. The molecule has 0 saturated carbocycles. The van der Waals surface area contributed by atoms with Gasteiger partial charge in [0, 0.05) is 24.2 Å². The number of carbonyl (C=O) groups is 1. The highest BCUT2D eigenvalue weighted by atomic mass is 16.5. The maximum atomic E-state index is 12.4. The number of hydrogen-bond donors (Lipinski definition) is 1. The average molecular weight is 280 g/mol. The quantitative estimate of drug-likeness (QED) is 0.778. The van der Waals surface area contributed by atoms with Crippen LogP contribution in [0.25, 0.3) is 5.65 Å². The highest BCUT2D eigenvalue weighted by Gasteiger charge is 2.15. The molecule has 4 rings (SSSR count). The molecule has 21 heavy (non-hydrogen) atoms. The number of hydrogen-bond acceptors (Lipinski definition) is 4. The molecule has 0 radical (unpaired) electrons. The molecule has 2 aromatic heterocycles. The highest BCUT2D eigenvalue weighted by Crippen LogP contribution is 2.26. The molecule has 3 aromatic rings. The predicted molar refractivity (Wildman–Crippen MR) is 76.6 cm³/mol. The summed E-state index contributed by atoms with van der Waals surface area (Å²) in [6.07, 6.45) is 4.13. The molecule has 1 aliphatic rings. The van der Waals surface area contributed by atoms with E-state index in [0.29, 0.717) is 23.6 Å². The Balaban J connectivity index is 1.65. The van der Waals surface area contributed by atoms with Crippen LogP contribution in [-0.4, -0.2) is 27.1 Å². The summed E-state index contributed by atoms with van der Waals surface area (Å²) in [5.41, 5.74) is 2.37. The summed E-state index contributed by atoms with van der Waals surface area (Å²) in [5, 5.41) is 7.00. The van der Waals surface area contributed by atoms with Crippen molar-refractivity contribution in [2.24, 2.45) is 0 Å². The second-order valence-electron chi connectivity index (χ2n) is 4.81. The highest BCUT2D eigenvalue weighted by molar-refractivity contribution is 6.04. The summed E-state index contributed by atoms with van der Waals surface area (Å²) in [6.45, 7) is 0.679. The van der Waals surface area contributed by atoms with E-state index in [0.717, 1.165) is 17.7 Å². The van der Waals surface area contributed by atoms with Gasteiger partial charge in [0.15, 0.2) is 5.65 Å². The van der Waals surface area contributed by atoms with Gasteiger partial charge in [0.25, 0.3) is 5.91 Å². The Morgan fingerprint density at radius 3 is 3.14 bits per heavy atom. The number of fused-ring (bicyclic) bond motifs is 2. The first-order valence-corrected chi connectivity index (χ1v) is 6.67. The standard InChI is InChI=1S/C15H12N4O2/c20-15(11-1-2-12-10(9-11)5-8-21-12)18-14-3-6-16-13-4-7-17-19(13)14/h1-4,6-7,9H,5,8H2,(H,18,20). The number of aromatic nitrogens is 3. The summed E-state index contributed by atoms with van der Waals surface area (Å²) in [4.78, 5) is 16.5. The van der Waals surface area contributed by atoms with Crippen LogP contribution in [0.1, 0.15) is 15.9 Å². The Kier molecular flexibility index (Phi) is 2.60. The van der Waals surface area contributed by atoms with Gasteiger partial charge in [0.05, 0.1) is 12.8 Å². The lowest BCUT2D eigenvalue weighted by atomic mass is 10.1. The molecule has 0 spiro atoms. The zero-order chi connectivity index (χ0) is 14.2. The molecule has 0 fully saturated rings. The second-order valence-corrected chi connectivity index (χ2v) is 4.81. The molecule has 1 N–H and O–H groups in total. The zero-order valence-electron chi connectivity index (χ0n) is 11.1. The molecule has 1 aliphatic heterocycles. The zero-order valence-corrected chi connectivity index (χ0v) is 11.1. The second kappa shape index (κ2) is 4.59. The van der Waals surface area contributed by atoms with Gasteiger partial charge in [-0.1, -0.05) is 0 Å². The van der Waals surface area contributed by atoms with Crippen molar-refractivity contribution in [1.82, 2.24) is 14.6 Å². The smallest absolute Gasteiger partial charge is 0.256 e. The number of ether oxygens (including phenoxy) is 1. The number of carbonyl (C=O) groups excluding carboxylic acids is 1. The Morgan fingerprint density at radius 1 is 1.24 bits per heavy atom. The lowest BCUT2D eigenvalue weighted by molar-refractivity contribution is 0.102. The Labute approximate surface area is 120 Å². The van der Waals surface area contributed by atoms with Crippen molar-refractivity contribution in [2.75, 3.05) is 11.9 Å². The topological polar surface area (TPSA) is 68.5 Å². The van der Waals surface area contributed by atoms with E-state index in [9.17, 15) is 4.79 Å². The van der Waals surface area contributed by atoms with Crippen molar-refractivity contribution in [3.05, 3.63) is 53.9 Å². The van der Waals surface area contributed by atoms with Crippen LogP contribution in [0.2, 0.25) is 0 Å². The van der Waals surface area contributed by atoms with Gasteiger partial charge in [-0.2, -0.15) is 9.61 Å². The molecule has 6 nitrogen and oxygen atoms in total. The van der Waals surface area contributed by atoms with Gasteiger partial charge < -0.3 is 10.1 Å². The number of nitrogens with zero attached hydrogens (tertiary/aromatic N) is 3. The average Bonchev–Trinajstić information content (AvgIpc) is 3.15. The van der Waals surface area contributed by atoms with Gasteiger partial charge in [0.2, 0.25) is 0 Å². The van der Waals surface area contributed by atoms with E-state index in [4.69, 9.17) is 4.74 Å². The van der Waals surface area contributed by atoms with Crippen LogP contribution in [0.15, 0.2) is 42.7 Å². The third-order valence-corrected chi connectivity index (χ3v) is 3.48. The molecular weight excluding hydrogens is 268 g/mol. The number of anilines is 1. The largest absolute Gasteiger partial charge is 0.493 e. The van der Waals surface area contributed by atoms with Gasteiger partial charge in [-0.25, -0.2) is 4.98 Å². The van der Waals surface area contributed by atoms with Crippen LogP contribution in [0.4, 0.5) is 5.82 Å². The summed E-state index contributed by atoms with van der Waals surface area (Å²) >= 11 is 0. The first-order chi connectivity index (χ1) is 10.3. The lowest BCUT2D eigenvalue weighted by Crippen LogP contribution is -2.15. The van der Waals surface area contributed by atoms with Crippen LogP contribution in [0.3, 0.4) is 0 Å². The summed E-state index contributed by atoms with van der Waals surface area (Å²) < 4.78 is 7.04. The first kappa shape index (κ1) is 11.9. The van der Waals surface area contributed by atoms with E-state index >= 15 is 0 Å². The van der Waals surface area contributed by atoms with E-state index in [1.807, 2.05) is 12.1 Å². The Hall–Kier alpha value is -2.89. The fourth-order valence-corrected chi connectivity index (χ4v) is 2.45. The number of benzene rings is 1. The molecule has 1 amide bonds. The maximum absolute atomic E-state index is 12.4. The molecule has 0 bridgehead atoms. The van der Waals surface area contributed by atoms with E-state index in [1.165, 1.54) is 0 Å². The van der Waals surface area contributed by atoms with E-state index < -0.39 is 0 Å². The number of nitrogens with one attached hydrogen (secondary N) is 1. The normalized spacial score (nSPS) is 13.0. The Bertz CT molecular complexity index is 841. The molecule has 0 aliphatic carbocycles. The van der Waals surface area contributed by atoms with Gasteiger partial charge >= 0.3 is 0 Å². The molecule has 3 heterocycles. The van der Waals surface area contributed by atoms with Crippen LogP contribution >= 0.6 is 0 Å². The van der Waals surface area contributed by atoms with Crippen LogP contribution in [0, 0.1) is 0 Å². The van der Waals surface area contributed by atoms with Crippen LogP contribution < -0.4 is 10.1 Å². The summed E-state index contributed by atoms with van der Waals surface area (Å²) in [5.74, 6) is 1.28. The Morgan fingerprint density at radius 2 is 2.19 bits per heavy atom. The molecule has 0 saturated heterocycles. The molecule has 0 unspecified atom stereocenters. The first-order valence-electron chi connectivity index (χ1n) is 6.67. The fraction of sp³-hybridized carbons (Fsp3) is 0.133. The number of rotatable bonds is 2. The SMILES string of the molecule is O=C(Nc1ccnc2ccnn12)c1ccc2c(c1)CCO2. The monoisotopic (exact) mass is 280 g/mol. The van der Waals surface area contributed by atoms with E-state index in [2.05, 4.69) is 15.4 Å². The van der Waals surface area contributed by atoms with Gasteiger partial charge in [-0.05, 0) is 29.8 Å². The van der Waals surface area contributed by atoms with Crippen molar-refractivity contribution >= 4 is 17.4 Å². The third kappa shape index (κ3) is 2.01. The van der Waals surface area contributed by atoms with Crippen molar-refractivity contribution in [1.29, 1.82) is 0 Å². The minimum Gasteiger partial charge on any atom is -0.493 e. The molecule has 0 atom stereocenters. The molecule has 6 heteroatoms. The van der Waals surface area contributed by atoms with Crippen LogP contribution in [-0.2, 0) is 6.42 Å². The third-order valence-electron chi connectivity index (χ3n) is 3.48. The van der Waals surface area contributed by atoms with E-state index in [-0.39, 0.29) is 5.91 Å². The van der Waals surface area contributed by atoms with Gasteiger partial charge in [-0.3, -0.25) is 4.79 Å². The van der Waals surface area contributed by atoms with Crippen molar-refractivity contribution in [3.63, 3.8) is 0 Å². The lowest BCUT2D eigenvalue weighted by Gasteiger charge is -2.07. The molecular formula is C15H12N4O2. The van der Waals surface area contributed by atoms with Crippen molar-refractivity contribution < 1.29 is 9.53 Å². The maximum Gasteiger partial charge on any atom is 0.256 e. The van der Waals surface area contributed by atoms with Gasteiger partial charge in [0.1, 0.15) is 11.6 Å². The minimum atomic E-state index is -0.173. The number of amides is 1.